The van der Waals surface area contributed by atoms with E-state index in [1.807, 2.05) is 0 Å². The summed E-state index contributed by atoms with van der Waals surface area (Å²) in [6.45, 7) is 0. The van der Waals surface area contributed by atoms with Crippen molar-refractivity contribution < 1.29 is 8.42 Å². The lowest BCUT2D eigenvalue weighted by atomic mass is 10.3. The third-order valence-corrected chi connectivity index (χ3v) is 3.64. The van der Waals surface area contributed by atoms with Crippen LogP contribution in [0.4, 0.5) is 11.5 Å². The fourth-order valence-corrected chi connectivity index (χ4v) is 2.05. The van der Waals surface area contributed by atoms with Crippen LogP contribution in [0.25, 0.3) is 0 Å². The first kappa shape index (κ1) is 11.6. The molecule has 0 aliphatic heterocycles. The average Bonchev–Trinajstić information content (AvgIpc) is 2.83. The molecule has 17 heavy (non-hydrogen) atoms. The fourth-order valence-electron chi connectivity index (χ4n) is 1.32. The molecule has 2 rings (SSSR count). The average molecular weight is 252 g/mol. The summed E-state index contributed by atoms with van der Waals surface area (Å²) >= 11 is 0. The van der Waals surface area contributed by atoms with Crippen molar-refractivity contribution in [2.75, 3.05) is 12.4 Å². The number of aromatic nitrogens is 2. The van der Waals surface area contributed by atoms with Crippen molar-refractivity contribution in [2.24, 2.45) is 0 Å². The number of anilines is 2. The van der Waals surface area contributed by atoms with Crippen LogP contribution in [-0.2, 0) is 10.0 Å². The normalized spacial score (nSPS) is 11.4. The highest BCUT2D eigenvalue weighted by Crippen LogP contribution is 2.16. The zero-order valence-corrected chi connectivity index (χ0v) is 9.95. The van der Waals surface area contributed by atoms with E-state index >= 15 is 0 Å². The molecule has 0 bridgehead atoms. The van der Waals surface area contributed by atoms with Crippen LogP contribution in [0.1, 0.15) is 0 Å². The Morgan fingerprint density at radius 2 is 1.88 bits per heavy atom. The molecular weight excluding hydrogens is 240 g/mol. The lowest BCUT2D eigenvalue weighted by molar-refractivity contribution is 0.588. The van der Waals surface area contributed by atoms with Gasteiger partial charge in [0.1, 0.15) is 5.82 Å². The summed E-state index contributed by atoms with van der Waals surface area (Å²) in [5.41, 5.74) is 0.782. The third kappa shape index (κ3) is 2.63. The molecule has 0 spiro atoms. The summed E-state index contributed by atoms with van der Waals surface area (Å²) in [6.07, 6.45) is 1.63. The van der Waals surface area contributed by atoms with E-state index in [1.165, 1.54) is 19.2 Å². The van der Waals surface area contributed by atoms with Gasteiger partial charge in [0.25, 0.3) is 0 Å². The Kier molecular flexibility index (Phi) is 3.12. The van der Waals surface area contributed by atoms with Crippen molar-refractivity contribution in [2.45, 2.75) is 4.90 Å². The lowest BCUT2D eigenvalue weighted by Gasteiger charge is -2.05. The Labute approximate surface area is 99.1 Å². The molecule has 90 valence electrons. The highest BCUT2D eigenvalue weighted by Gasteiger charge is 2.10. The second-order valence-electron chi connectivity index (χ2n) is 3.33. The summed E-state index contributed by atoms with van der Waals surface area (Å²) in [5, 5.41) is 9.59. The van der Waals surface area contributed by atoms with Crippen LogP contribution in [0.3, 0.4) is 0 Å². The van der Waals surface area contributed by atoms with E-state index in [0.717, 1.165) is 11.5 Å². The van der Waals surface area contributed by atoms with Crippen LogP contribution >= 0.6 is 0 Å². The Hall–Kier alpha value is -1.86. The number of rotatable bonds is 4. The first-order valence-electron chi connectivity index (χ1n) is 4.92. The molecule has 0 radical (unpaired) electrons. The van der Waals surface area contributed by atoms with Gasteiger partial charge in [-0.25, -0.2) is 13.1 Å². The standard InChI is InChI=1S/C10H12N4O2S/c1-11-17(15,16)9-4-2-8(3-5-9)13-10-6-7-12-14-10/h2-7,11H,1H3,(H2,12,13,14). The molecule has 0 unspecified atom stereocenters. The van der Waals surface area contributed by atoms with E-state index in [-0.39, 0.29) is 4.90 Å². The topological polar surface area (TPSA) is 86.9 Å². The Morgan fingerprint density at radius 3 is 2.41 bits per heavy atom. The van der Waals surface area contributed by atoms with Crippen molar-refractivity contribution in [3.05, 3.63) is 36.5 Å². The molecule has 0 saturated heterocycles. The molecule has 1 aromatic carbocycles. The van der Waals surface area contributed by atoms with E-state index in [4.69, 9.17) is 0 Å². The van der Waals surface area contributed by atoms with E-state index in [1.54, 1.807) is 24.4 Å². The number of aromatic amines is 1. The minimum Gasteiger partial charge on any atom is -0.341 e. The largest absolute Gasteiger partial charge is 0.341 e. The number of benzene rings is 1. The van der Waals surface area contributed by atoms with Crippen molar-refractivity contribution in [1.29, 1.82) is 0 Å². The van der Waals surface area contributed by atoms with Gasteiger partial charge in [0, 0.05) is 11.8 Å². The van der Waals surface area contributed by atoms with Gasteiger partial charge in [0.2, 0.25) is 10.0 Å². The number of nitrogens with zero attached hydrogens (tertiary/aromatic N) is 1. The van der Waals surface area contributed by atoms with Gasteiger partial charge in [-0.05, 0) is 31.3 Å². The van der Waals surface area contributed by atoms with Crippen LogP contribution < -0.4 is 10.0 Å². The van der Waals surface area contributed by atoms with Crippen molar-refractivity contribution in [1.82, 2.24) is 14.9 Å². The summed E-state index contributed by atoms with van der Waals surface area (Å²) in [6, 6.07) is 8.21. The van der Waals surface area contributed by atoms with Crippen LogP contribution in [0.2, 0.25) is 0 Å². The zero-order valence-electron chi connectivity index (χ0n) is 9.14. The number of nitrogens with one attached hydrogen (secondary N) is 3. The monoisotopic (exact) mass is 252 g/mol. The van der Waals surface area contributed by atoms with Gasteiger partial charge >= 0.3 is 0 Å². The summed E-state index contributed by atoms with van der Waals surface area (Å²) < 4.78 is 25.2. The molecule has 0 aliphatic carbocycles. The van der Waals surface area contributed by atoms with Crippen molar-refractivity contribution >= 4 is 21.5 Å². The van der Waals surface area contributed by atoms with Gasteiger partial charge in [-0.1, -0.05) is 0 Å². The van der Waals surface area contributed by atoms with E-state index in [9.17, 15) is 8.42 Å². The number of hydrogen-bond acceptors (Lipinski definition) is 4. The second-order valence-corrected chi connectivity index (χ2v) is 5.21. The number of sulfonamides is 1. The lowest BCUT2D eigenvalue weighted by Crippen LogP contribution is -2.18. The van der Waals surface area contributed by atoms with E-state index < -0.39 is 10.0 Å². The molecule has 3 N–H and O–H groups in total. The summed E-state index contributed by atoms with van der Waals surface area (Å²) in [7, 11) is -1.99. The molecule has 2 aromatic rings. The quantitative estimate of drug-likeness (QED) is 0.759. The zero-order chi connectivity index (χ0) is 12.3. The first-order valence-corrected chi connectivity index (χ1v) is 6.40. The number of H-pyrrole nitrogens is 1. The predicted octanol–water partition coefficient (Wildman–Crippen LogP) is 1.06. The molecular formula is C10H12N4O2S. The van der Waals surface area contributed by atoms with Gasteiger partial charge in [0.05, 0.1) is 11.1 Å². The van der Waals surface area contributed by atoms with Crippen LogP contribution in [-0.4, -0.2) is 25.7 Å². The molecule has 1 aromatic heterocycles. The summed E-state index contributed by atoms with van der Waals surface area (Å²) in [4.78, 5) is 0.232. The van der Waals surface area contributed by atoms with Crippen molar-refractivity contribution in [3.8, 4) is 0 Å². The Morgan fingerprint density at radius 1 is 1.18 bits per heavy atom. The molecule has 0 atom stereocenters. The predicted molar refractivity (Wildman–Crippen MR) is 64.6 cm³/mol. The smallest absolute Gasteiger partial charge is 0.240 e. The maximum atomic E-state index is 11.5. The summed E-state index contributed by atoms with van der Waals surface area (Å²) in [5.74, 6) is 0.745. The fraction of sp³-hybridized carbons (Fsp3) is 0.100. The Balaban J connectivity index is 2.19. The molecule has 0 saturated carbocycles. The molecule has 0 amide bonds. The SMILES string of the molecule is CNS(=O)(=O)c1ccc(Nc2ccn[nH]2)cc1. The van der Waals surface area contributed by atoms with Crippen LogP contribution in [0.15, 0.2) is 41.4 Å². The highest BCUT2D eigenvalue weighted by atomic mass is 32.2. The minimum atomic E-state index is -3.37. The number of hydrogen-bond donors (Lipinski definition) is 3. The van der Waals surface area contributed by atoms with Gasteiger partial charge in [0.15, 0.2) is 0 Å². The third-order valence-electron chi connectivity index (χ3n) is 2.21. The van der Waals surface area contributed by atoms with Gasteiger partial charge in [-0.15, -0.1) is 0 Å². The molecule has 0 aliphatic rings. The maximum Gasteiger partial charge on any atom is 0.240 e. The van der Waals surface area contributed by atoms with Crippen molar-refractivity contribution in [3.63, 3.8) is 0 Å². The van der Waals surface area contributed by atoms with Crippen LogP contribution in [0.5, 0.6) is 0 Å². The van der Waals surface area contributed by atoms with Gasteiger partial charge < -0.3 is 5.32 Å². The molecule has 0 fully saturated rings. The van der Waals surface area contributed by atoms with Gasteiger partial charge in [-0.2, -0.15) is 5.10 Å². The molecule has 6 nitrogen and oxygen atoms in total. The minimum absolute atomic E-state index is 0.232. The Bertz CT molecular complexity index is 575. The first-order chi connectivity index (χ1) is 8.12. The van der Waals surface area contributed by atoms with E-state index in [2.05, 4.69) is 20.2 Å². The second kappa shape index (κ2) is 4.56. The van der Waals surface area contributed by atoms with Gasteiger partial charge in [-0.3, -0.25) is 5.10 Å². The molecule has 7 heteroatoms. The van der Waals surface area contributed by atoms with E-state index in [0.29, 0.717) is 0 Å². The molecule has 1 heterocycles. The maximum absolute atomic E-state index is 11.5. The van der Waals surface area contributed by atoms with Crippen LogP contribution in [0, 0.1) is 0 Å². The highest BCUT2D eigenvalue weighted by molar-refractivity contribution is 7.89.